The molecule has 0 spiro atoms. The highest BCUT2D eigenvalue weighted by molar-refractivity contribution is 6.18. The second-order valence-corrected chi connectivity index (χ2v) is 1.96. The predicted molar refractivity (Wildman–Crippen MR) is 51.0 cm³/mol. The van der Waals surface area contributed by atoms with E-state index in [1.54, 1.807) is 9.85 Å². The van der Waals surface area contributed by atoms with Crippen LogP contribution < -0.4 is 0 Å². The summed E-state index contributed by atoms with van der Waals surface area (Å²) in [4.78, 5) is 0. The minimum Gasteiger partial charge on any atom is -0.124 e. The molecule has 0 fully saturated rings. The van der Waals surface area contributed by atoms with E-state index in [0.717, 1.165) is 0 Å². The van der Waals surface area contributed by atoms with E-state index in [2.05, 4.69) is 42.6 Å². The number of fused-ring (bicyclic) bond motifs is 1. The molecule has 1 heteroatoms. The second-order valence-electron chi connectivity index (χ2n) is 1.96. The van der Waals surface area contributed by atoms with E-state index in [4.69, 9.17) is 0 Å². The SMILES string of the molecule is C1=Cc2ccccc21.C=[SiH2]. The molecule has 0 radical (unpaired) electrons. The molecule has 0 amide bonds. The Hall–Kier alpha value is -0.953. The lowest BCUT2D eigenvalue weighted by Crippen LogP contribution is -1.85. The maximum absolute atomic E-state index is 3.28. The molecule has 1 aromatic carbocycles. The third-order valence-corrected chi connectivity index (χ3v) is 1.44. The highest BCUT2D eigenvalue weighted by Gasteiger charge is 1.99. The minimum absolute atomic E-state index is 1.37. The molecule has 10 heavy (non-hydrogen) atoms. The van der Waals surface area contributed by atoms with Gasteiger partial charge in [-0.05, 0) is 21.0 Å². The lowest BCUT2D eigenvalue weighted by Gasteiger charge is -2.06. The highest BCUT2D eigenvalue weighted by Crippen LogP contribution is 2.21. The van der Waals surface area contributed by atoms with Gasteiger partial charge in [0.25, 0.3) is 0 Å². The summed E-state index contributed by atoms with van der Waals surface area (Å²) in [6, 6.07) is 8.36. The Morgan fingerprint density at radius 1 is 0.900 bits per heavy atom. The zero-order chi connectivity index (χ0) is 7.40. The first kappa shape index (κ1) is 7.16. The molecular formula is C9H10Si. The van der Waals surface area contributed by atoms with Gasteiger partial charge in [-0.15, -0.1) is 6.17 Å². The fourth-order valence-corrected chi connectivity index (χ4v) is 0.898. The average Bonchev–Trinajstić information content (AvgIpc) is 1.96. The van der Waals surface area contributed by atoms with Crippen LogP contribution in [-0.2, 0) is 0 Å². The van der Waals surface area contributed by atoms with Gasteiger partial charge in [-0.2, -0.15) is 0 Å². The van der Waals surface area contributed by atoms with Crippen molar-refractivity contribution >= 4 is 28.2 Å². The normalized spacial score (nSPS) is 10.4. The van der Waals surface area contributed by atoms with Crippen LogP contribution in [0.5, 0.6) is 0 Å². The van der Waals surface area contributed by atoms with Crippen LogP contribution in [-0.4, -0.2) is 16.0 Å². The van der Waals surface area contributed by atoms with Crippen molar-refractivity contribution in [2.24, 2.45) is 0 Å². The summed E-state index contributed by atoms with van der Waals surface area (Å²) < 4.78 is 0. The lowest BCUT2D eigenvalue weighted by atomic mass is 9.99. The summed E-state index contributed by atoms with van der Waals surface area (Å²) in [5.74, 6) is 0. The maximum Gasteiger partial charge on any atom is -0.0184 e. The first-order chi connectivity index (χ1) is 4.97. The summed E-state index contributed by atoms with van der Waals surface area (Å²) in [6.07, 6.45) is 7.52. The van der Waals surface area contributed by atoms with Crippen molar-refractivity contribution < 1.29 is 0 Å². The molecule has 0 heterocycles. The monoisotopic (exact) mass is 146 g/mol. The molecule has 0 nitrogen and oxygen atoms in total. The third kappa shape index (κ3) is 1.14. The minimum atomic E-state index is 1.37. The van der Waals surface area contributed by atoms with Crippen molar-refractivity contribution in [3.63, 3.8) is 0 Å². The van der Waals surface area contributed by atoms with E-state index >= 15 is 0 Å². The van der Waals surface area contributed by atoms with Crippen LogP contribution in [0.4, 0.5) is 0 Å². The van der Waals surface area contributed by atoms with Crippen molar-refractivity contribution in [1.29, 1.82) is 0 Å². The molecular weight excluding hydrogens is 136 g/mol. The highest BCUT2D eigenvalue weighted by atomic mass is 28.1. The predicted octanol–water partition coefficient (Wildman–Crippen LogP) is 1.22. The van der Waals surface area contributed by atoms with Crippen LogP contribution in [0.3, 0.4) is 0 Å². The zero-order valence-corrected chi connectivity index (χ0v) is 7.29. The number of rotatable bonds is 0. The molecule has 1 aliphatic carbocycles. The van der Waals surface area contributed by atoms with Crippen molar-refractivity contribution in [3.8, 4) is 0 Å². The molecule has 0 N–H and O–H groups in total. The summed E-state index contributed by atoms with van der Waals surface area (Å²) in [6.45, 7) is 0. The van der Waals surface area contributed by atoms with Crippen LogP contribution in [0.2, 0.25) is 0 Å². The zero-order valence-electron chi connectivity index (χ0n) is 5.88. The Kier molecular flexibility index (Phi) is 2.34. The van der Waals surface area contributed by atoms with Gasteiger partial charge in [0.1, 0.15) is 0 Å². The van der Waals surface area contributed by atoms with Crippen molar-refractivity contribution in [2.75, 3.05) is 0 Å². The van der Waals surface area contributed by atoms with Gasteiger partial charge in [-0.25, -0.2) is 0 Å². The van der Waals surface area contributed by atoms with Gasteiger partial charge >= 0.3 is 0 Å². The van der Waals surface area contributed by atoms with Gasteiger partial charge in [0, 0.05) is 0 Å². The molecule has 0 atom stereocenters. The molecule has 0 aliphatic heterocycles. The van der Waals surface area contributed by atoms with Crippen molar-refractivity contribution in [3.05, 3.63) is 35.4 Å². The summed E-state index contributed by atoms with van der Waals surface area (Å²) in [7, 11) is 1.61. The molecule has 0 bridgehead atoms. The van der Waals surface area contributed by atoms with Gasteiger partial charge < -0.3 is 0 Å². The largest absolute Gasteiger partial charge is 0.124 e. The smallest absolute Gasteiger partial charge is 0.0184 e. The van der Waals surface area contributed by atoms with Gasteiger partial charge in [0.15, 0.2) is 0 Å². The van der Waals surface area contributed by atoms with Gasteiger partial charge in [-0.3, -0.25) is 0 Å². The lowest BCUT2D eigenvalue weighted by molar-refractivity contribution is 1.58. The summed E-state index contributed by atoms with van der Waals surface area (Å²) in [5.41, 5.74) is 2.74. The van der Waals surface area contributed by atoms with E-state index in [0.29, 0.717) is 0 Å². The van der Waals surface area contributed by atoms with Gasteiger partial charge in [0.2, 0.25) is 0 Å². The van der Waals surface area contributed by atoms with Crippen molar-refractivity contribution in [1.82, 2.24) is 0 Å². The van der Waals surface area contributed by atoms with E-state index in [9.17, 15) is 0 Å². The molecule has 1 aliphatic rings. The number of benzene rings is 1. The van der Waals surface area contributed by atoms with Crippen LogP contribution in [0.25, 0.3) is 12.2 Å². The van der Waals surface area contributed by atoms with Crippen LogP contribution in [0.1, 0.15) is 11.1 Å². The fraction of sp³-hybridized carbons (Fsp3) is 0. The molecule has 0 unspecified atom stereocenters. The van der Waals surface area contributed by atoms with Gasteiger partial charge in [0.05, 0.1) is 0 Å². The third-order valence-electron chi connectivity index (χ3n) is 1.44. The van der Waals surface area contributed by atoms with E-state index < -0.39 is 0 Å². The first-order valence-corrected chi connectivity index (χ1v) is 4.24. The Morgan fingerprint density at radius 3 is 1.50 bits per heavy atom. The van der Waals surface area contributed by atoms with Crippen LogP contribution in [0.15, 0.2) is 24.3 Å². The topological polar surface area (TPSA) is 0 Å². The molecule has 1 aromatic rings. The Bertz CT molecular complexity index is 226. The Labute approximate surface area is 64.2 Å². The first-order valence-electron chi connectivity index (χ1n) is 3.24. The number of hydrogen-bond acceptors (Lipinski definition) is 0. The molecule has 0 aromatic heterocycles. The quantitative estimate of drug-likeness (QED) is 0.490. The Balaban J connectivity index is 0.000000231. The van der Waals surface area contributed by atoms with Crippen LogP contribution in [0, 0.1) is 0 Å². The standard InChI is InChI=1S/C8H6.CH4Si/c1-2-4-8-6-5-7(8)3-1;1-2/h1-6H;1-2H2. The van der Waals surface area contributed by atoms with E-state index in [-0.39, 0.29) is 0 Å². The molecule has 50 valence electrons. The average molecular weight is 146 g/mol. The maximum atomic E-state index is 3.28. The Morgan fingerprint density at radius 2 is 1.30 bits per heavy atom. The van der Waals surface area contributed by atoms with Crippen LogP contribution >= 0.6 is 0 Å². The van der Waals surface area contributed by atoms with Gasteiger partial charge in [-0.1, -0.05) is 36.4 Å². The van der Waals surface area contributed by atoms with Crippen molar-refractivity contribution in [2.45, 2.75) is 0 Å². The summed E-state index contributed by atoms with van der Waals surface area (Å²) >= 11 is 0. The fourth-order valence-electron chi connectivity index (χ4n) is 0.898. The second kappa shape index (κ2) is 3.27. The summed E-state index contributed by atoms with van der Waals surface area (Å²) in [5, 5.41) is 0. The van der Waals surface area contributed by atoms with E-state index in [1.165, 1.54) is 11.1 Å². The molecule has 0 saturated carbocycles. The molecule has 0 saturated heterocycles. The number of hydrogen-bond donors (Lipinski definition) is 0. The van der Waals surface area contributed by atoms with E-state index in [1.807, 2.05) is 0 Å². The molecule has 2 rings (SSSR count).